The number of halogens is 1. The Labute approximate surface area is 205 Å². The van der Waals surface area contributed by atoms with Crippen LogP contribution in [0.15, 0.2) is 36.4 Å². The highest BCUT2D eigenvalue weighted by atomic mass is 35.5. The van der Waals surface area contributed by atoms with Crippen molar-refractivity contribution in [1.82, 2.24) is 10.2 Å². The van der Waals surface area contributed by atoms with Crippen LogP contribution in [0.2, 0.25) is 5.02 Å². The van der Waals surface area contributed by atoms with Crippen molar-refractivity contribution in [3.63, 3.8) is 0 Å². The maximum atomic E-state index is 12.5. The number of nitrogens with zero attached hydrogens (tertiary/aromatic N) is 1. The van der Waals surface area contributed by atoms with E-state index in [1.807, 2.05) is 32.0 Å². The van der Waals surface area contributed by atoms with E-state index >= 15 is 0 Å². The topological polar surface area (TPSA) is 91.3 Å². The Balaban J connectivity index is 1.27. The largest absolute Gasteiger partial charge is 0.508 e. The number of β-amino-alcohol motifs (C(OH)–C–C–N with tert-alkyl or cyclic N) is 1. The molecule has 0 unspecified atom stereocenters. The number of carbonyl (C=O) groups excluding carboxylic acids is 1. The van der Waals surface area contributed by atoms with Gasteiger partial charge in [-0.1, -0.05) is 25.4 Å². The van der Waals surface area contributed by atoms with Gasteiger partial charge in [-0.25, -0.2) is 0 Å². The predicted octanol–water partition coefficient (Wildman–Crippen LogP) is 3.64. The Morgan fingerprint density at radius 1 is 1.24 bits per heavy atom. The molecule has 184 valence electrons. The number of piperidine rings is 1. The van der Waals surface area contributed by atoms with E-state index < -0.39 is 6.10 Å². The molecular formula is C26H33ClN2O5. The molecule has 1 amide bonds. The monoisotopic (exact) mass is 488 g/mol. The molecule has 0 aliphatic carbocycles. The summed E-state index contributed by atoms with van der Waals surface area (Å²) in [7, 11) is 0. The summed E-state index contributed by atoms with van der Waals surface area (Å²) in [4.78, 5) is 14.7. The van der Waals surface area contributed by atoms with Gasteiger partial charge < -0.3 is 29.9 Å². The van der Waals surface area contributed by atoms with Gasteiger partial charge in [0, 0.05) is 56.5 Å². The standard InChI is InChI=1S/C26H33ClN2O5/c1-17(2)14-28-25(32)22-5-4-20(30)12-24(22)33-16-21(31)15-29-9-7-26(8-10-29)13-18-11-19(27)3-6-23(18)34-26/h3-6,11-12,17,21,30-31H,7-10,13-16H2,1-2H3,(H,28,32)/t21-/m0/s1. The summed E-state index contributed by atoms with van der Waals surface area (Å²) in [6, 6.07) is 10.2. The Bertz CT molecular complexity index is 1020. The number of likely N-dealkylation sites (tertiary alicyclic amines) is 1. The second-order valence-electron chi connectivity index (χ2n) is 9.76. The van der Waals surface area contributed by atoms with Crippen molar-refractivity contribution in [2.75, 3.05) is 32.8 Å². The normalized spacial score (nSPS) is 17.9. The van der Waals surface area contributed by atoms with Gasteiger partial charge in [0.05, 0.1) is 5.56 Å². The molecule has 0 aromatic heterocycles. The summed E-state index contributed by atoms with van der Waals surface area (Å²) in [6.45, 7) is 6.68. The average Bonchev–Trinajstić information content (AvgIpc) is 3.14. The van der Waals surface area contributed by atoms with Gasteiger partial charge in [-0.05, 0) is 41.8 Å². The number of ether oxygens (including phenoxy) is 2. The van der Waals surface area contributed by atoms with Gasteiger partial charge in [-0.15, -0.1) is 0 Å². The molecule has 7 nitrogen and oxygen atoms in total. The number of fused-ring (bicyclic) bond motifs is 1. The van der Waals surface area contributed by atoms with E-state index in [-0.39, 0.29) is 29.6 Å². The first-order valence-electron chi connectivity index (χ1n) is 11.8. The van der Waals surface area contributed by atoms with Gasteiger partial charge in [-0.3, -0.25) is 4.79 Å². The molecule has 3 N–H and O–H groups in total. The summed E-state index contributed by atoms with van der Waals surface area (Å²) < 4.78 is 12.1. The van der Waals surface area contributed by atoms with E-state index in [2.05, 4.69) is 10.2 Å². The van der Waals surface area contributed by atoms with Gasteiger partial charge >= 0.3 is 0 Å². The second-order valence-corrected chi connectivity index (χ2v) is 10.2. The van der Waals surface area contributed by atoms with E-state index in [4.69, 9.17) is 21.1 Å². The number of hydrogen-bond donors (Lipinski definition) is 3. The fourth-order valence-electron chi connectivity index (χ4n) is 4.57. The van der Waals surface area contributed by atoms with Crippen molar-refractivity contribution in [3.8, 4) is 17.2 Å². The first kappa shape index (κ1) is 24.6. The van der Waals surface area contributed by atoms with Crippen LogP contribution in [-0.2, 0) is 6.42 Å². The Hall–Kier alpha value is -2.48. The number of benzene rings is 2. The van der Waals surface area contributed by atoms with Crippen molar-refractivity contribution >= 4 is 17.5 Å². The second kappa shape index (κ2) is 10.4. The molecule has 34 heavy (non-hydrogen) atoms. The zero-order valence-electron chi connectivity index (χ0n) is 19.7. The lowest BCUT2D eigenvalue weighted by Gasteiger charge is -2.39. The molecule has 2 aromatic carbocycles. The minimum Gasteiger partial charge on any atom is -0.508 e. The molecule has 2 aromatic rings. The number of nitrogens with one attached hydrogen (secondary N) is 1. The van der Waals surface area contributed by atoms with Gasteiger partial charge in [0.1, 0.15) is 35.6 Å². The molecular weight excluding hydrogens is 456 g/mol. The van der Waals surface area contributed by atoms with Crippen LogP contribution in [-0.4, -0.2) is 65.5 Å². The Morgan fingerprint density at radius 2 is 2.00 bits per heavy atom. The number of phenolic OH excluding ortho intramolecular Hbond substituents is 1. The zero-order chi connectivity index (χ0) is 24.3. The van der Waals surface area contributed by atoms with Crippen LogP contribution < -0.4 is 14.8 Å². The lowest BCUT2D eigenvalue weighted by Crippen LogP contribution is -2.49. The number of rotatable bonds is 8. The van der Waals surface area contributed by atoms with Crippen LogP contribution in [0.5, 0.6) is 17.2 Å². The lowest BCUT2D eigenvalue weighted by molar-refractivity contribution is -0.00200. The van der Waals surface area contributed by atoms with E-state index in [9.17, 15) is 15.0 Å². The molecule has 8 heteroatoms. The first-order valence-corrected chi connectivity index (χ1v) is 12.2. The molecule has 2 heterocycles. The molecule has 1 saturated heterocycles. The maximum Gasteiger partial charge on any atom is 0.255 e. The van der Waals surface area contributed by atoms with E-state index in [0.717, 1.165) is 48.7 Å². The Kier molecular flexibility index (Phi) is 7.55. The maximum absolute atomic E-state index is 12.5. The molecule has 2 aliphatic heterocycles. The van der Waals surface area contributed by atoms with Crippen LogP contribution in [0.3, 0.4) is 0 Å². The summed E-state index contributed by atoms with van der Waals surface area (Å²) in [6.07, 6.45) is 1.88. The molecule has 1 fully saturated rings. The molecule has 0 saturated carbocycles. The fourth-order valence-corrected chi connectivity index (χ4v) is 4.77. The van der Waals surface area contributed by atoms with E-state index in [1.54, 1.807) is 0 Å². The van der Waals surface area contributed by atoms with Crippen molar-refractivity contribution in [1.29, 1.82) is 0 Å². The van der Waals surface area contributed by atoms with Crippen molar-refractivity contribution < 1.29 is 24.5 Å². The lowest BCUT2D eigenvalue weighted by atomic mass is 9.87. The number of carbonyl (C=O) groups is 1. The molecule has 2 aliphatic rings. The molecule has 1 spiro atoms. The third-order valence-corrected chi connectivity index (χ3v) is 6.64. The minimum atomic E-state index is -0.733. The third-order valence-electron chi connectivity index (χ3n) is 6.41. The summed E-state index contributed by atoms with van der Waals surface area (Å²) in [5.41, 5.74) is 1.31. The quantitative estimate of drug-likeness (QED) is 0.525. The number of amides is 1. The van der Waals surface area contributed by atoms with Crippen LogP contribution in [0, 0.1) is 5.92 Å². The average molecular weight is 489 g/mol. The van der Waals surface area contributed by atoms with Crippen LogP contribution in [0.1, 0.15) is 42.6 Å². The van der Waals surface area contributed by atoms with Crippen LogP contribution in [0.25, 0.3) is 0 Å². The summed E-state index contributed by atoms with van der Waals surface area (Å²) in [5, 5.41) is 24.0. The number of aliphatic hydroxyl groups is 1. The Morgan fingerprint density at radius 3 is 2.74 bits per heavy atom. The highest BCUT2D eigenvalue weighted by Crippen LogP contribution is 2.42. The number of phenols is 1. The zero-order valence-corrected chi connectivity index (χ0v) is 20.5. The molecule has 0 radical (unpaired) electrons. The number of aromatic hydroxyl groups is 1. The van der Waals surface area contributed by atoms with Crippen LogP contribution in [0.4, 0.5) is 0 Å². The van der Waals surface area contributed by atoms with Gasteiger partial charge in [0.2, 0.25) is 0 Å². The fraction of sp³-hybridized carbons (Fsp3) is 0.500. The van der Waals surface area contributed by atoms with Gasteiger partial charge in [0.25, 0.3) is 5.91 Å². The SMILES string of the molecule is CC(C)CNC(=O)c1ccc(O)cc1OC[C@@H](O)CN1CCC2(CC1)Cc1cc(Cl)ccc1O2. The van der Waals surface area contributed by atoms with Crippen molar-refractivity contribution in [2.45, 2.75) is 44.8 Å². The van der Waals surface area contributed by atoms with Crippen molar-refractivity contribution in [3.05, 3.63) is 52.5 Å². The molecule has 0 bridgehead atoms. The van der Waals surface area contributed by atoms with Crippen LogP contribution >= 0.6 is 11.6 Å². The van der Waals surface area contributed by atoms with E-state index in [1.165, 1.54) is 18.2 Å². The predicted molar refractivity (Wildman–Crippen MR) is 131 cm³/mol. The molecule has 1 atom stereocenters. The van der Waals surface area contributed by atoms with Crippen molar-refractivity contribution in [2.24, 2.45) is 5.92 Å². The third kappa shape index (κ3) is 5.95. The highest BCUT2D eigenvalue weighted by molar-refractivity contribution is 6.30. The number of hydrogen-bond acceptors (Lipinski definition) is 6. The molecule has 4 rings (SSSR count). The highest BCUT2D eigenvalue weighted by Gasteiger charge is 2.42. The summed E-state index contributed by atoms with van der Waals surface area (Å²) in [5.74, 6) is 1.24. The van der Waals surface area contributed by atoms with Gasteiger partial charge in [-0.2, -0.15) is 0 Å². The number of aliphatic hydroxyl groups excluding tert-OH is 1. The van der Waals surface area contributed by atoms with Gasteiger partial charge in [0.15, 0.2) is 0 Å². The summed E-state index contributed by atoms with van der Waals surface area (Å²) >= 11 is 6.13. The van der Waals surface area contributed by atoms with E-state index in [0.29, 0.717) is 24.6 Å². The smallest absolute Gasteiger partial charge is 0.255 e. The first-order chi connectivity index (χ1) is 16.2. The minimum absolute atomic E-state index is 0.00470.